The predicted molar refractivity (Wildman–Crippen MR) is 76.9 cm³/mol. The second kappa shape index (κ2) is 7.03. The number of hydrogen-bond donors (Lipinski definition) is 1. The van der Waals surface area contributed by atoms with Crippen LogP contribution in [0, 0.1) is 13.8 Å². The van der Waals surface area contributed by atoms with Gasteiger partial charge in [0, 0.05) is 12.6 Å². The lowest BCUT2D eigenvalue weighted by molar-refractivity contribution is 0.372. The highest BCUT2D eigenvalue weighted by atomic mass is 35.5. The molecule has 2 rings (SSSR count). The topological polar surface area (TPSA) is 12.0 Å². The van der Waals surface area contributed by atoms with Crippen molar-refractivity contribution in [1.82, 2.24) is 5.32 Å². The first-order valence-corrected chi connectivity index (χ1v) is 6.55. The molecule has 1 N–H and O–H groups in total. The zero-order chi connectivity index (χ0) is 11.4. The minimum Gasteiger partial charge on any atom is -0.310 e. The van der Waals surface area contributed by atoms with E-state index in [1.807, 2.05) is 0 Å². The van der Waals surface area contributed by atoms with Crippen molar-refractivity contribution in [2.75, 3.05) is 0 Å². The molecule has 0 unspecified atom stereocenters. The van der Waals surface area contributed by atoms with E-state index in [0.29, 0.717) is 0 Å². The van der Waals surface area contributed by atoms with E-state index in [-0.39, 0.29) is 12.4 Å². The largest absolute Gasteiger partial charge is 0.310 e. The first kappa shape index (κ1) is 14.5. The zero-order valence-corrected chi connectivity index (χ0v) is 11.8. The molecule has 0 bridgehead atoms. The minimum absolute atomic E-state index is 0. The number of nitrogens with one attached hydrogen (secondary N) is 1. The molecule has 1 saturated carbocycles. The quantitative estimate of drug-likeness (QED) is 0.854. The molecule has 0 spiro atoms. The monoisotopic (exact) mass is 253 g/mol. The molecule has 1 fully saturated rings. The Bertz CT molecular complexity index is 343. The van der Waals surface area contributed by atoms with Crippen LogP contribution >= 0.6 is 12.4 Å². The maximum Gasteiger partial charge on any atom is 0.0210 e. The Morgan fingerprint density at radius 1 is 1.12 bits per heavy atom. The van der Waals surface area contributed by atoms with Gasteiger partial charge in [0.05, 0.1) is 0 Å². The van der Waals surface area contributed by atoms with Crippen LogP contribution in [0.4, 0.5) is 0 Å². The van der Waals surface area contributed by atoms with E-state index >= 15 is 0 Å². The van der Waals surface area contributed by atoms with Gasteiger partial charge >= 0.3 is 0 Å². The van der Waals surface area contributed by atoms with Crippen LogP contribution in [0.3, 0.4) is 0 Å². The van der Waals surface area contributed by atoms with Crippen molar-refractivity contribution in [2.24, 2.45) is 0 Å². The van der Waals surface area contributed by atoms with Gasteiger partial charge in [-0.2, -0.15) is 0 Å². The van der Waals surface area contributed by atoms with Crippen LogP contribution in [-0.2, 0) is 6.54 Å². The summed E-state index contributed by atoms with van der Waals surface area (Å²) in [6.45, 7) is 5.42. The summed E-state index contributed by atoms with van der Waals surface area (Å²) in [5, 5.41) is 3.71. The van der Waals surface area contributed by atoms with Gasteiger partial charge in [0.15, 0.2) is 0 Å². The Balaban J connectivity index is 0.00000144. The highest BCUT2D eigenvalue weighted by Crippen LogP contribution is 2.18. The predicted octanol–water partition coefficient (Wildman–Crippen LogP) is 4.15. The Morgan fingerprint density at radius 2 is 1.82 bits per heavy atom. The van der Waals surface area contributed by atoms with Gasteiger partial charge in [-0.25, -0.2) is 0 Å². The van der Waals surface area contributed by atoms with Crippen LogP contribution in [0.1, 0.15) is 48.8 Å². The maximum atomic E-state index is 3.71. The lowest BCUT2D eigenvalue weighted by Gasteiger charge is -2.23. The minimum atomic E-state index is 0. The number of aryl methyl sites for hydroxylation is 2. The van der Waals surface area contributed by atoms with Gasteiger partial charge in [-0.05, 0) is 37.8 Å². The highest BCUT2D eigenvalue weighted by Gasteiger charge is 2.12. The highest BCUT2D eigenvalue weighted by molar-refractivity contribution is 5.85. The second-order valence-corrected chi connectivity index (χ2v) is 5.15. The number of rotatable bonds is 3. The number of benzene rings is 1. The van der Waals surface area contributed by atoms with Crippen molar-refractivity contribution >= 4 is 12.4 Å². The van der Waals surface area contributed by atoms with E-state index in [1.165, 1.54) is 48.8 Å². The van der Waals surface area contributed by atoms with Crippen LogP contribution in [0.5, 0.6) is 0 Å². The third kappa shape index (κ3) is 4.33. The van der Waals surface area contributed by atoms with Gasteiger partial charge in [-0.3, -0.25) is 0 Å². The third-order valence-corrected chi connectivity index (χ3v) is 3.69. The molecule has 17 heavy (non-hydrogen) atoms. The molecule has 1 nitrogen and oxygen atoms in total. The summed E-state index contributed by atoms with van der Waals surface area (Å²) < 4.78 is 0. The smallest absolute Gasteiger partial charge is 0.0210 e. The lowest BCUT2D eigenvalue weighted by atomic mass is 9.95. The molecular weight excluding hydrogens is 230 g/mol. The Hall–Kier alpha value is -0.530. The summed E-state index contributed by atoms with van der Waals surface area (Å²) in [5.74, 6) is 0. The molecule has 0 aromatic heterocycles. The van der Waals surface area contributed by atoms with Crippen LogP contribution in [0.2, 0.25) is 0 Å². The molecule has 0 radical (unpaired) electrons. The van der Waals surface area contributed by atoms with E-state index in [1.54, 1.807) is 0 Å². The molecule has 96 valence electrons. The van der Waals surface area contributed by atoms with Crippen molar-refractivity contribution in [3.05, 3.63) is 34.9 Å². The maximum absolute atomic E-state index is 3.71. The van der Waals surface area contributed by atoms with Crippen molar-refractivity contribution in [2.45, 2.75) is 58.5 Å². The first-order valence-electron chi connectivity index (χ1n) is 6.55. The van der Waals surface area contributed by atoms with Gasteiger partial charge < -0.3 is 5.32 Å². The first-order chi connectivity index (χ1) is 7.75. The van der Waals surface area contributed by atoms with Crippen LogP contribution in [-0.4, -0.2) is 6.04 Å². The van der Waals surface area contributed by atoms with Crippen molar-refractivity contribution in [3.8, 4) is 0 Å². The summed E-state index contributed by atoms with van der Waals surface area (Å²) in [5.41, 5.74) is 4.24. The summed E-state index contributed by atoms with van der Waals surface area (Å²) >= 11 is 0. The van der Waals surface area contributed by atoms with Crippen LogP contribution in [0.15, 0.2) is 18.2 Å². The molecule has 0 atom stereocenters. The average molecular weight is 254 g/mol. The number of hydrogen-bond acceptors (Lipinski definition) is 1. The molecule has 1 aromatic rings. The number of halogens is 1. The van der Waals surface area contributed by atoms with E-state index in [4.69, 9.17) is 0 Å². The SMILES string of the molecule is Cc1ccc(C)c(CNC2CCCCC2)c1.Cl. The Kier molecular flexibility index (Phi) is 6.01. The molecule has 0 aliphatic heterocycles. The third-order valence-electron chi connectivity index (χ3n) is 3.69. The van der Waals surface area contributed by atoms with Crippen LogP contribution < -0.4 is 5.32 Å². The Morgan fingerprint density at radius 3 is 2.53 bits per heavy atom. The molecule has 0 heterocycles. The fourth-order valence-electron chi connectivity index (χ4n) is 2.55. The molecule has 0 saturated heterocycles. The average Bonchev–Trinajstić information content (AvgIpc) is 2.32. The second-order valence-electron chi connectivity index (χ2n) is 5.15. The van der Waals surface area contributed by atoms with Gasteiger partial charge in [0.1, 0.15) is 0 Å². The molecular formula is C15H24ClN. The summed E-state index contributed by atoms with van der Waals surface area (Å²) in [6.07, 6.45) is 6.98. The van der Waals surface area contributed by atoms with Gasteiger partial charge in [0.25, 0.3) is 0 Å². The Labute approximate surface area is 111 Å². The molecule has 2 heteroatoms. The van der Waals surface area contributed by atoms with E-state index in [0.717, 1.165) is 12.6 Å². The van der Waals surface area contributed by atoms with Crippen molar-refractivity contribution in [1.29, 1.82) is 0 Å². The molecule has 1 aliphatic carbocycles. The van der Waals surface area contributed by atoms with E-state index in [9.17, 15) is 0 Å². The fourth-order valence-corrected chi connectivity index (χ4v) is 2.55. The van der Waals surface area contributed by atoms with Crippen molar-refractivity contribution < 1.29 is 0 Å². The summed E-state index contributed by atoms with van der Waals surface area (Å²) in [6, 6.07) is 7.49. The van der Waals surface area contributed by atoms with E-state index < -0.39 is 0 Å². The molecule has 1 aromatic carbocycles. The molecule has 1 aliphatic rings. The summed E-state index contributed by atoms with van der Waals surface area (Å²) in [4.78, 5) is 0. The van der Waals surface area contributed by atoms with Gasteiger partial charge in [0.2, 0.25) is 0 Å². The molecule has 0 amide bonds. The lowest BCUT2D eigenvalue weighted by Crippen LogP contribution is -2.30. The summed E-state index contributed by atoms with van der Waals surface area (Å²) in [7, 11) is 0. The van der Waals surface area contributed by atoms with Gasteiger partial charge in [-0.15, -0.1) is 12.4 Å². The van der Waals surface area contributed by atoms with Gasteiger partial charge in [-0.1, -0.05) is 43.0 Å². The standard InChI is InChI=1S/C15H23N.ClH/c1-12-8-9-13(2)14(10-12)11-16-15-6-4-3-5-7-15;/h8-10,15-16H,3-7,11H2,1-2H3;1H. The fraction of sp³-hybridized carbons (Fsp3) is 0.600. The zero-order valence-electron chi connectivity index (χ0n) is 11.0. The normalized spacial score (nSPS) is 16.6. The van der Waals surface area contributed by atoms with Crippen molar-refractivity contribution in [3.63, 3.8) is 0 Å². The van der Waals surface area contributed by atoms with E-state index in [2.05, 4.69) is 37.4 Å². The van der Waals surface area contributed by atoms with Crippen LogP contribution in [0.25, 0.3) is 0 Å².